The lowest BCUT2D eigenvalue weighted by atomic mass is 10.0. The number of hydrogen-bond acceptors (Lipinski definition) is 6. The van der Waals surface area contributed by atoms with E-state index in [9.17, 15) is 14.4 Å². The molecule has 0 radical (unpaired) electrons. The largest absolute Gasteiger partial charge is 0.462 e. The molecule has 0 aromatic rings. The van der Waals surface area contributed by atoms with Gasteiger partial charge in [0.15, 0.2) is 6.10 Å². The first-order chi connectivity index (χ1) is 34.0. The van der Waals surface area contributed by atoms with Gasteiger partial charge in [0.05, 0.1) is 0 Å². The quantitative estimate of drug-likeness (QED) is 0.0262. The van der Waals surface area contributed by atoms with Crippen molar-refractivity contribution in [1.82, 2.24) is 0 Å². The molecule has 0 aliphatic heterocycles. The summed E-state index contributed by atoms with van der Waals surface area (Å²) in [7, 11) is 0. The highest BCUT2D eigenvalue weighted by Crippen LogP contribution is 2.16. The molecule has 69 heavy (non-hydrogen) atoms. The minimum Gasteiger partial charge on any atom is -0.462 e. The van der Waals surface area contributed by atoms with Gasteiger partial charge in [-0.05, 0) is 70.6 Å². The Hall–Kier alpha value is -3.15. The lowest BCUT2D eigenvalue weighted by molar-refractivity contribution is -0.167. The molecule has 0 rings (SSSR count). The van der Waals surface area contributed by atoms with Crippen LogP contribution in [0.25, 0.3) is 0 Å². The summed E-state index contributed by atoms with van der Waals surface area (Å²) >= 11 is 0. The molecule has 0 amide bonds. The molecular weight excluding hydrogens is 853 g/mol. The first-order valence-electron chi connectivity index (χ1n) is 29.4. The van der Waals surface area contributed by atoms with Gasteiger partial charge in [0.1, 0.15) is 13.2 Å². The van der Waals surface area contributed by atoms with E-state index in [0.29, 0.717) is 19.3 Å². The molecule has 0 heterocycles. The third-order valence-electron chi connectivity index (χ3n) is 12.7. The maximum Gasteiger partial charge on any atom is 0.306 e. The second kappa shape index (κ2) is 57.4. The summed E-state index contributed by atoms with van der Waals surface area (Å²) in [6.07, 6.45) is 73.6. The Bertz CT molecular complexity index is 1290. The number of allylic oxidation sites excluding steroid dienone is 12. The lowest BCUT2D eigenvalue weighted by Crippen LogP contribution is -2.30. The molecule has 0 aliphatic rings. The van der Waals surface area contributed by atoms with E-state index in [1.165, 1.54) is 154 Å². The third kappa shape index (κ3) is 55.6. The van der Waals surface area contributed by atoms with Crippen molar-refractivity contribution in [2.75, 3.05) is 13.2 Å². The maximum atomic E-state index is 12.8. The van der Waals surface area contributed by atoms with Gasteiger partial charge in [-0.25, -0.2) is 0 Å². The first kappa shape index (κ1) is 65.8. The zero-order valence-electron chi connectivity index (χ0n) is 45.6. The van der Waals surface area contributed by atoms with Gasteiger partial charge in [-0.3, -0.25) is 14.4 Å². The Kier molecular flexibility index (Phi) is 54.8. The van der Waals surface area contributed by atoms with Crippen molar-refractivity contribution in [3.05, 3.63) is 72.9 Å². The first-order valence-corrected chi connectivity index (χ1v) is 29.4. The van der Waals surface area contributed by atoms with Crippen LogP contribution in [0.3, 0.4) is 0 Å². The van der Waals surface area contributed by atoms with E-state index in [1.807, 2.05) is 0 Å². The second-order valence-corrected chi connectivity index (χ2v) is 19.5. The summed E-state index contributed by atoms with van der Waals surface area (Å²) in [6, 6.07) is 0. The van der Waals surface area contributed by atoms with E-state index >= 15 is 0 Å². The highest BCUT2D eigenvalue weighted by molar-refractivity contribution is 5.71. The van der Waals surface area contributed by atoms with Crippen molar-refractivity contribution in [2.24, 2.45) is 0 Å². The second-order valence-electron chi connectivity index (χ2n) is 19.5. The highest BCUT2D eigenvalue weighted by atomic mass is 16.6. The number of rotatable bonds is 53. The Balaban J connectivity index is 4.03. The van der Waals surface area contributed by atoms with E-state index in [-0.39, 0.29) is 31.1 Å². The van der Waals surface area contributed by atoms with E-state index in [1.54, 1.807) is 0 Å². The fourth-order valence-electron chi connectivity index (χ4n) is 8.33. The zero-order chi connectivity index (χ0) is 50.0. The standard InChI is InChI=1S/C63H110O6/c1-4-7-10-13-16-18-20-22-24-25-26-27-28-29-30-31-32-33-34-35-36-37-38-39-40-42-43-45-47-50-53-56-62(65)68-59-60(58-67-61(64)55-52-49-15-12-9-6-3)69-63(66)57-54-51-48-46-44-41-23-21-19-17-14-11-8-5-2/h7,10,16,18,22,24,26-27,29-30,32-33,60H,4-6,8-9,11-15,17,19-21,23,25,28,31,34-59H2,1-3H3/b10-7-,18-16-,24-22-,27-26-,30-29-,33-32-. The summed E-state index contributed by atoms with van der Waals surface area (Å²) in [4.78, 5) is 37.8. The van der Waals surface area contributed by atoms with Gasteiger partial charge in [-0.2, -0.15) is 0 Å². The molecule has 0 saturated heterocycles. The molecule has 6 heteroatoms. The van der Waals surface area contributed by atoms with Gasteiger partial charge in [0.2, 0.25) is 0 Å². The van der Waals surface area contributed by atoms with Crippen LogP contribution in [0.15, 0.2) is 72.9 Å². The molecule has 0 bridgehead atoms. The number of ether oxygens (including phenoxy) is 3. The molecule has 0 aromatic carbocycles. The SMILES string of the molecule is CC/C=C\C/C=C\C/C=C\C/C=C\C/C=C\C/C=C\CCCCCCCCCCCCCCC(=O)OCC(COC(=O)CCCCCCCC)OC(=O)CCCCCCCCCCCCCCCC. The van der Waals surface area contributed by atoms with Crippen LogP contribution < -0.4 is 0 Å². The van der Waals surface area contributed by atoms with Crippen molar-refractivity contribution in [2.45, 2.75) is 297 Å². The van der Waals surface area contributed by atoms with Crippen LogP contribution in [-0.4, -0.2) is 37.2 Å². The molecule has 0 aromatic heterocycles. The molecule has 1 atom stereocenters. The number of unbranched alkanes of at least 4 members (excludes halogenated alkanes) is 30. The van der Waals surface area contributed by atoms with E-state index in [2.05, 4.69) is 93.7 Å². The summed E-state index contributed by atoms with van der Waals surface area (Å²) < 4.78 is 16.8. The smallest absolute Gasteiger partial charge is 0.306 e. The molecule has 0 spiro atoms. The number of carbonyl (C=O) groups excluding carboxylic acids is 3. The molecule has 0 saturated carbocycles. The summed E-state index contributed by atoms with van der Waals surface area (Å²) in [5.74, 6) is -0.873. The van der Waals surface area contributed by atoms with Crippen molar-refractivity contribution in [1.29, 1.82) is 0 Å². The highest BCUT2D eigenvalue weighted by Gasteiger charge is 2.19. The number of esters is 3. The summed E-state index contributed by atoms with van der Waals surface area (Å²) in [6.45, 7) is 6.48. The van der Waals surface area contributed by atoms with Crippen LogP contribution >= 0.6 is 0 Å². The number of carbonyl (C=O) groups is 3. The maximum absolute atomic E-state index is 12.8. The van der Waals surface area contributed by atoms with Gasteiger partial charge in [-0.1, -0.05) is 273 Å². The number of hydrogen-bond donors (Lipinski definition) is 0. The predicted octanol–water partition coefficient (Wildman–Crippen LogP) is 19.8. The van der Waals surface area contributed by atoms with E-state index < -0.39 is 6.10 Å². The van der Waals surface area contributed by atoms with Gasteiger partial charge in [0.25, 0.3) is 0 Å². The molecule has 0 fully saturated rings. The Labute approximate surface area is 427 Å². The Morgan fingerprint density at radius 1 is 0.304 bits per heavy atom. The summed E-state index contributed by atoms with van der Waals surface area (Å²) in [5.41, 5.74) is 0. The average Bonchev–Trinajstić information content (AvgIpc) is 3.35. The zero-order valence-corrected chi connectivity index (χ0v) is 45.6. The monoisotopic (exact) mass is 963 g/mol. The fourth-order valence-corrected chi connectivity index (χ4v) is 8.33. The third-order valence-corrected chi connectivity index (χ3v) is 12.7. The van der Waals surface area contributed by atoms with Crippen molar-refractivity contribution in [3.8, 4) is 0 Å². The van der Waals surface area contributed by atoms with Crippen LogP contribution in [0.2, 0.25) is 0 Å². The predicted molar refractivity (Wildman–Crippen MR) is 298 cm³/mol. The van der Waals surface area contributed by atoms with Crippen molar-refractivity contribution >= 4 is 17.9 Å². The topological polar surface area (TPSA) is 78.9 Å². The van der Waals surface area contributed by atoms with Gasteiger partial charge < -0.3 is 14.2 Å². The molecule has 398 valence electrons. The van der Waals surface area contributed by atoms with Crippen LogP contribution in [0, 0.1) is 0 Å². The van der Waals surface area contributed by atoms with Gasteiger partial charge in [-0.15, -0.1) is 0 Å². The minimum atomic E-state index is -0.769. The minimum absolute atomic E-state index is 0.0719. The molecule has 1 unspecified atom stereocenters. The molecule has 0 N–H and O–H groups in total. The molecule has 6 nitrogen and oxygen atoms in total. The lowest BCUT2D eigenvalue weighted by Gasteiger charge is -2.18. The van der Waals surface area contributed by atoms with E-state index in [0.717, 1.165) is 96.3 Å². The average molecular weight is 964 g/mol. The van der Waals surface area contributed by atoms with Crippen LogP contribution in [0.5, 0.6) is 0 Å². The Morgan fingerprint density at radius 3 is 0.884 bits per heavy atom. The van der Waals surface area contributed by atoms with Crippen LogP contribution in [0.4, 0.5) is 0 Å². The van der Waals surface area contributed by atoms with Crippen molar-refractivity contribution in [3.63, 3.8) is 0 Å². The Morgan fingerprint density at radius 2 is 0.565 bits per heavy atom. The van der Waals surface area contributed by atoms with Gasteiger partial charge in [0, 0.05) is 19.3 Å². The normalized spacial score (nSPS) is 12.6. The van der Waals surface area contributed by atoms with Crippen molar-refractivity contribution < 1.29 is 28.6 Å². The molecular formula is C63H110O6. The molecule has 0 aliphatic carbocycles. The van der Waals surface area contributed by atoms with Crippen LogP contribution in [-0.2, 0) is 28.6 Å². The fraction of sp³-hybridized carbons (Fsp3) is 0.762. The summed E-state index contributed by atoms with van der Waals surface area (Å²) in [5, 5.41) is 0. The van der Waals surface area contributed by atoms with E-state index in [4.69, 9.17) is 14.2 Å². The van der Waals surface area contributed by atoms with Gasteiger partial charge >= 0.3 is 17.9 Å². The van der Waals surface area contributed by atoms with Crippen LogP contribution in [0.1, 0.15) is 290 Å².